The van der Waals surface area contributed by atoms with Crippen molar-refractivity contribution < 1.29 is 55.0 Å². The maximum Gasteiger partial charge on any atom is 0.400 e. The summed E-state index contributed by atoms with van der Waals surface area (Å²) in [5.74, 6) is -2.58. The van der Waals surface area contributed by atoms with Gasteiger partial charge < -0.3 is 19.3 Å². The lowest BCUT2D eigenvalue weighted by Gasteiger charge is -2.42. The van der Waals surface area contributed by atoms with Crippen molar-refractivity contribution in [2.24, 2.45) is 11.8 Å². The number of halogens is 3. The second kappa shape index (κ2) is 9.28. The lowest BCUT2D eigenvalue weighted by atomic mass is 9.68. The summed E-state index contributed by atoms with van der Waals surface area (Å²) in [6.07, 6.45) is -3.02. The van der Waals surface area contributed by atoms with Gasteiger partial charge in [-0.2, -0.15) is 29.8 Å². The monoisotopic (exact) mass is 506 g/mol. The molecule has 0 aromatic carbocycles. The van der Waals surface area contributed by atoms with E-state index in [9.17, 15) is 36.3 Å². The second-order valence-electron chi connectivity index (χ2n) is 8.43. The third-order valence-corrected chi connectivity index (χ3v) is 7.99. The number of carbonyl (C=O) groups excluding carboxylic acids is 2. The van der Waals surface area contributed by atoms with E-state index in [2.05, 4.69) is 17.4 Å². The minimum atomic E-state index is -5.95. The first-order valence-electron chi connectivity index (χ1n) is 10.1. The molecule has 14 heteroatoms. The molecule has 1 saturated heterocycles. The van der Waals surface area contributed by atoms with Crippen LogP contribution < -0.4 is 0 Å². The van der Waals surface area contributed by atoms with E-state index in [4.69, 9.17) is 14.0 Å². The molecule has 2 aliphatic carbocycles. The van der Waals surface area contributed by atoms with E-state index in [1.54, 1.807) is 0 Å². The number of fused-ring (bicyclic) bond motifs is 2. The summed E-state index contributed by atoms with van der Waals surface area (Å²) >= 11 is 4.46. The van der Waals surface area contributed by atoms with Gasteiger partial charge in [-0.05, 0) is 19.3 Å². The van der Waals surface area contributed by atoms with Gasteiger partial charge in [-0.15, -0.1) is 0 Å². The minimum Gasteiger partial charge on any atom is -0.464 e. The molecular weight excluding hydrogens is 481 g/mol. The van der Waals surface area contributed by atoms with Crippen LogP contribution in [0, 0.1) is 11.8 Å². The molecule has 0 amide bonds. The van der Waals surface area contributed by atoms with Crippen molar-refractivity contribution in [2.75, 3.05) is 13.2 Å². The average molecular weight is 507 g/mol. The third kappa shape index (κ3) is 4.88. The number of hydrogen-bond acceptors (Lipinski definition) is 9. The fourth-order valence-corrected chi connectivity index (χ4v) is 5.78. The van der Waals surface area contributed by atoms with Crippen molar-refractivity contribution in [2.45, 2.75) is 73.0 Å². The van der Waals surface area contributed by atoms with Gasteiger partial charge in [0.1, 0.15) is 12.7 Å². The zero-order valence-corrected chi connectivity index (χ0v) is 18.6. The Balaban J connectivity index is 1.52. The third-order valence-electron chi connectivity index (χ3n) is 6.43. The number of rotatable bonds is 9. The van der Waals surface area contributed by atoms with Crippen LogP contribution in [0.15, 0.2) is 0 Å². The summed E-state index contributed by atoms with van der Waals surface area (Å²) in [7, 11) is -5.95. The van der Waals surface area contributed by atoms with E-state index in [0.29, 0.717) is 12.8 Å². The van der Waals surface area contributed by atoms with E-state index in [-0.39, 0.29) is 6.42 Å². The molecule has 3 aliphatic rings. The predicted molar refractivity (Wildman–Crippen MR) is 104 cm³/mol. The number of esters is 2. The number of alkyl halides is 3. The molecule has 2 saturated carbocycles. The summed E-state index contributed by atoms with van der Waals surface area (Å²) in [4.78, 5) is 24.2. The fraction of sp³-hybridized carbons (Fsp3) is 0.889. The SMILES string of the molecule is O=C(COC1CC(C2(O)CCCC2)C2C(=O)OC1C2S)OCCC(F)C(F)(F)S(=O)(=O)O. The van der Waals surface area contributed by atoms with Crippen molar-refractivity contribution in [1.82, 2.24) is 0 Å². The Kier molecular flexibility index (Phi) is 7.40. The quantitative estimate of drug-likeness (QED) is 0.240. The van der Waals surface area contributed by atoms with Gasteiger partial charge in [0, 0.05) is 12.3 Å². The lowest BCUT2D eigenvalue weighted by Crippen LogP contribution is -2.52. The zero-order chi connectivity index (χ0) is 23.9. The Morgan fingerprint density at radius 1 is 1.34 bits per heavy atom. The Labute approximate surface area is 188 Å². The molecule has 0 aromatic heterocycles. The lowest BCUT2D eigenvalue weighted by molar-refractivity contribution is -0.158. The maximum atomic E-state index is 13.4. The van der Waals surface area contributed by atoms with Crippen LogP contribution in [-0.4, -0.2) is 77.7 Å². The summed E-state index contributed by atoms with van der Waals surface area (Å²) in [5, 5.41) is 5.44. The summed E-state index contributed by atoms with van der Waals surface area (Å²) < 4.78 is 84.5. The molecule has 1 heterocycles. The first kappa shape index (κ1) is 25.5. The van der Waals surface area contributed by atoms with Crippen LogP contribution in [0.25, 0.3) is 0 Å². The van der Waals surface area contributed by atoms with Crippen LogP contribution in [0.3, 0.4) is 0 Å². The molecule has 1 aliphatic heterocycles. The standard InChI is InChI=1S/C18H25F3O9S2/c19-11(18(20,21)32(25,26)27)3-6-28-12(22)8-29-10-7-9(17(24)4-1-2-5-17)13-15(31)14(10)30-16(13)23/h9-11,13-15,24,31H,1-8H2,(H,25,26,27). The average Bonchev–Trinajstić information content (AvgIpc) is 3.21. The molecule has 184 valence electrons. The van der Waals surface area contributed by atoms with Crippen LogP contribution >= 0.6 is 12.6 Å². The minimum absolute atomic E-state index is 0.245. The Morgan fingerprint density at radius 2 is 1.97 bits per heavy atom. The van der Waals surface area contributed by atoms with Crippen molar-refractivity contribution in [1.29, 1.82) is 0 Å². The molecule has 3 rings (SSSR count). The van der Waals surface area contributed by atoms with Crippen molar-refractivity contribution >= 4 is 34.7 Å². The highest BCUT2D eigenvalue weighted by molar-refractivity contribution is 7.86. The molecule has 3 fully saturated rings. The van der Waals surface area contributed by atoms with Crippen LogP contribution in [-0.2, 0) is 33.9 Å². The first-order chi connectivity index (χ1) is 14.8. The highest BCUT2D eigenvalue weighted by atomic mass is 32.2. The van der Waals surface area contributed by atoms with E-state index >= 15 is 0 Å². The molecule has 2 N–H and O–H groups in total. The molecule has 0 spiro atoms. The molecular formula is C18H25F3O9S2. The van der Waals surface area contributed by atoms with E-state index < -0.39 is 88.0 Å². The van der Waals surface area contributed by atoms with E-state index in [1.165, 1.54) is 0 Å². The number of carbonyl (C=O) groups is 2. The molecule has 32 heavy (non-hydrogen) atoms. The van der Waals surface area contributed by atoms with Crippen molar-refractivity contribution in [3.8, 4) is 0 Å². The molecule has 9 nitrogen and oxygen atoms in total. The van der Waals surface area contributed by atoms with E-state index in [0.717, 1.165) is 12.8 Å². The fourth-order valence-electron chi connectivity index (χ4n) is 4.75. The van der Waals surface area contributed by atoms with Gasteiger partial charge in [0.05, 0.1) is 29.5 Å². The number of thiol groups is 1. The van der Waals surface area contributed by atoms with Gasteiger partial charge in [0.15, 0.2) is 6.17 Å². The summed E-state index contributed by atoms with van der Waals surface area (Å²) in [5.41, 5.74) is -1.06. The van der Waals surface area contributed by atoms with Crippen molar-refractivity contribution in [3.63, 3.8) is 0 Å². The highest BCUT2D eigenvalue weighted by Crippen LogP contribution is 2.51. The number of ether oxygens (including phenoxy) is 3. The molecule has 0 radical (unpaired) electrons. The summed E-state index contributed by atoms with van der Waals surface area (Å²) in [6, 6.07) is 0. The topological polar surface area (TPSA) is 136 Å². The van der Waals surface area contributed by atoms with E-state index in [1.807, 2.05) is 0 Å². The highest BCUT2D eigenvalue weighted by Gasteiger charge is 2.60. The van der Waals surface area contributed by atoms with Gasteiger partial charge in [-0.1, -0.05) is 12.8 Å². The van der Waals surface area contributed by atoms with Crippen LogP contribution in [0.2, 0.25) is 0 Å². The van der Waals surface area contributed by atoms with Crippen molar-refractivity contribution in [3.05, 3.63) is 0 Å². The van der Waals surface area contributed by atoms with Crippen LogP contribution in [0.5, 0.6) is 0 Å². The molecule has 0 aromatic rings. The van der Waals surface area contributed by atoms with Gasteiger partial charge >= 0.3 is 27.3 Å². The molecule has 6 unspecified atom stereocenters. The van der Waals surface area contributed by atoms with Gasteiger partial charge in [-0.3, -0.25) is 9.35 Å². The summed E-state index contributed by atoms with van der Waals surface area (Å²) in [6.45, 7) is -1.54. The zero-order valence-electron chi connectivity index (χ0n) is 16.9. The van der Waals surface area contributed by atoms with Gasteiger partial charge in [-0.25, -0.2) is 9.18 Å². The molecule has 6 atom stereocenters. The van der Waals surface area contributed by atoms with Crippen LogP contribution in [0.4, 0.5) is 13.2 Å². The normalized spacial score (nSPS) is 33.1. The Bertz CT molecular complexity index is 832. The Hall–Kier alpha value is -1.09. The largest absolute Gasteiger partial charge is 0.464 e. The number of aliphatic hydroxyl groups is 1. The first-order valence-corrected chi connectivity index (χ1v) is 12.1. The second-order valence-corrected chi connectivity index (χ2v) is 10.5. The predicted octanol–water partition coefficient (Wildman–Crippen LogP) is 1.29. The van der Waals surface area contributed by atoms with Gasteiger partial charge in [0.25, 0.3) is 0 Å². The smallest absolute Gasteiger partial charge is 0.400 e. The van der Waals surface area contributed by atoms with Gasteiger partial charge in [0.2, 0.25) is 0 Å². The molecule has 2 bridgehead atoms. The van der Waals surface area contributed by atoms with Crippen LogP contribution in [0.1, 0.15) is 38.5 Å². The Morgan fingerprint density at radius 3 is 2.56 bits per heavy atom. The number of hydrogen-bond donors (Lipinski definition) is 3. The maximum absolute atomic E-state index is 13.4.